The second-order valence-corrected chi connectivity index (χ2v) is 34.1. The number of carboxylic acids is 1. The van der Waals surface area contributed by atoms with Crippen LogP contribution in [0.15, 0.2) is 60.8 Å². The number of carbonyl (C=O) groups excluding carboxylic acids is 17. The van der Waals surface area contributed by atoms with Gasteiger partial charge < -0.3 is 115 Å². The van der Waals surface area contributed by atoms with E-state index in [-0.39, 0.29) is 145 Å². The van der Waals surface area contributed by atoms with Crippen LogP contribution >= 0.6 is 35.3 Å². The van der Waals surface area contributed by atoms with Crippen LogP contribution in [0.1, 0.15) is 116 Å². The van der Waals surface area contributed by atoms with Gasteiger partial charge in [-0.25, -0.2) is 0 Å². The third-order valence-electron chi connectivity index (χ3n) is 21.1. The highest BCUT2D eigenvalue weighted by atomic mass is 32.2. The number of benzene rings is 2. The number of fused-ring (bicyclic) bond motifs is 10. The van der Waals surface area contributed by atoms with Crippen molar-refractivity contribution in [2.45, 2.75) is 196 Å². The summed E-state index contributed by atoms with van der Waals surface area (Å²) >= 11 is 3.02. The molecule has 43 heteroatoms. The zero-order valence-corrected chi connectivity index (χ0v) is 70.5. The molecule has 5 aliphatic heterocycles. The van der Waals surface area contributed by atoms with Crippen molar-refractivity contribution in [2.24, 2.45) is 23.1 Å². The number of aliphatic hydroxyl groups excluding tert-OH is 1. The van der Waals surface area contributed by atoms with Crippen LogP contribution in [0, 0.1) is 5.92 Å². The van der Waals surface area contributed by atoms with Gasteiger partial charge in [0, 0.05) is 103 Å². The predicted molar refractivity (Wildman–Crippen MR) is 445 cm³/mol. The molecule has 0 spiro atoms. The molecule has 5 fully saturated rings. The lowest BCUT2D eigenvalue weighted by atomic mass is 9.99. The van der Waals surface area contributed by atoms with Crippen LogP contribution in [-0.2, 0) is 99.1 Å². The van der Waals surface area contributed by atoms with E-state index >= 15 is 24.0 Å². The topological polar surface area (TPSA) is 590 Å². The number of amides is 17. The first-order valence-electron chi connectivity index (χ1n) is 40.4. The highest BCUT2D eigenvalue weighted by molar-refractivity contribution is 7.99. The number of hydrogen-bond acceptors (Lipinski definition) is 24. The van der Waals surface area contributed by atoms with Crippen molar-refractivity contribution < 1.29 is 96.5 Å². The molecule has 6 heterocycles. The van der Waals surface area contributed by atoms with Crippen LogP contribution in [0.5, 0.6) is 0 Å². The standard InChI is InChI=1S/C78H112N20O20S3/c1-43(2)65-76(116)87-51(21-22-64(104)105)68(108)83-35-60(100)85-55(72(112)84-45(4)66(81)106)37-119-29-23-61(101)94-40-95-42-96(41-94)63(103)25-31-121-39-57(78(118)98-28-13-20-59(98)75(115)88-52(70(110)93-65)33-47-34-82-49-17-9-8-16-48(47)49)92-69(109)50(18-10-11-26-79)86-74(114)58-19-12-27-97(58)77(117)53(32-46-14-6-5-7-15-46)89-71(111)54(36-99)90-73(113)56(91-67(107)44(3)80)38-120-30-24-62(95)102/h5-9,14-17,34,43-45,50-59,65,82,99H,10-13,18-33,35-42,79-80H2,1-4H3,(H2,81,106)(H,83,108)(H,84,112)(H,85,100)(H,86,114)(H,87,116)(H,88,115)(H,89,111)(H,90,113)(H,91,107)(H,92,109)(H,93,110)(H,104,105)/t44-,45-,50-,51-,52-,53-,54-,55-,56-,57-,58-,59-,65-/m0/s1. The highest BCUT2D eigenvalue weighted by Crippen LogP contribution is 2.26. The Labute approximate surface area is 711 Å². The molecule has 4 bridgehead atoms. The smallest absolute Gasteiger partial charge is 0.303 e. The van der Waals surface area contributed by atoms with Crippen LogP contribution in [-0.4, -0.2) is 312 Å². The number of carboxylic acid groups (broad SMARTS) is 1. The molecule has 0 unspecified atom stereocenters. The number of thioether (sulfide) groups is 3. The lowest BCUT2D eigenvalue weighted by Gasteiger charge is -2.42. The molecule has 1 aromatic heterocycles. The predicted octanol–water partition coefficient (Wildman–Crippen LogP) is -4.84. The first-order valence-corrected chi connectivity index (χ1v) is 43.9. The normalized spacial score (nSPS) is 25.6. The van der Waals surface area contributed by atoms with Gasteiger partial charge in [-0.15, -0.1) is 0 Å². The van der Waals surface area contributed by atoms with Gasteiger partial charge in [0.1, 0.15) is 72.5 Å². The number of H-pyrrole nitrogens is 1. The lowest BCUT2D eigenvalue weighted by molar-refractivity contribution is -0.158. The number of primary amides is 1. The molecule has 20 N–H and O–H groups in total. The molecule has 121 heavy (non-hydrogen) atoms. The second kappa shape index (κ2) is 47.0. The summed E-state index contributed by atoms with van der Waals surface area (Å²) < 4.78 is 0. The van der Waals surface area contributed by atoms with Gasteiger partial charge in [0.05, 0.1) is 39.2 Å². The summed E-state index contributed by atoms with van der Waals surface area (Å²) in [5.74, 6) is -17.7. The maximum atomic E-state index is 15.7. The third kappa shape index (κ3) is 28.2. The molecule has 0 saturated carbocycles. The number of nitrogens with zero attached hydrogens (tertiary/aromatic N) is 5. The molecule has 8 rings (SSSR count). The minimum absolute atomic E-state index is 0.00155. The molecular weight excluding hydrogens is 1630 g/mol. The number of carbonyl (C=O) groups is 18. The molecule has 17 amide bonds. The largest absolute Gasteiger partial charge is 0.481 e. The molecule has 40 nitrogen and oxygen atoms in total. The van der Waals surface area contributed by atoms with E-state index in [0.717, 1.165) is 35.3 Å². The second-order valence-electron chi connectivity index (χ2n) is 30.6. The number of unbranched alkanes of at least 4 members (excludes halogenated alkanes) is 1. The van der Waals surface area contributed by atoms with E-state index in [9.17, 15) is 72.5 Å². The molecule has 13 atom stereocenters. The monoisotopic (exact) mass is 1740 g/mol. The molecule has 5 saturated heterocycles. The van der Waals surface area contributed by atoms with Crippen molar-refractivity contribution in [3.8, 4) is 0 Å². The van der Waals surface area contributed by atoms with Gasteiger partial charge in [0.2, 0.25) is 100 Å². The van der Waals surface area contributed by atoms with Crippen LogP contribution in [0.3, 0.4) is 0 Å². The number of aliphatic hydroxyl groups is 1. The zero-order chi connectivity index (χ0) is 88.1. The Hall–Kier alpha value is -10.6. The molecule has 0 aliphatic carbocycles. The number of nitrogens with two attached hydrogens (primary N) is 3. The highest BCUT2D eigenvalue weighted by Gasteiger charge is 2.44. The minimum Gasteiger partial charge on any atom is -0.481 e. The lowest BCUT2D eigenvalue weighted by Crippen LogP contribution is -2.61. The first-order chi connectivity index (χ1) is 57.7. The van der Waals surface area contributed by atoms with Gasteiger partial charge in [0.15, 0.2) is 0 Å². The number of nitrogens with one attached hydrogen (secondary N) is 12. The number of aromatic amines is 1. The van der Waals surface area contributed by atoms with E-state index < -0.39 is 217 Å². The molecular formula is C78H112N20O20S3. The average Bonchev–Trinajstić information content (AvgIpc) is 1.76. The van der Waals surface area contributed by atoms with Gasteiger partial charge in [0.25, 0.3) is 0 Å². The van der Waals surface area contributed by atoms with Crippen LogP contribution < -0.4 is 75.7 Å². The summed E-state index contributed by atoms with van der Waals surface area (Å²) in [6.07, 6.45) is 0.261. The SMILES string of the molecule is CC(C)[C@@H]1NC(=O)[C@H](Cc2c[nH]c3ccccc23)NC(=O)[C@@H]2CCCN2C(=O)[C@@H]2CSCCC(=O)N3CN(CN(C3)C(=O)CCSC[C@H](NC(=O)[C@H](C)N)C(=O)N[C@@H](CO)C(=O)N[C@@H](Cc3ccccc3)C(=O)N3CCC[C@H]3C(=O)N[C@@H](CCCCN)C(=O)N2)C(=O)CCSC[C@@H](C(=O)N[C@@H](C)C(N)=O)NC(=O)CNC(=O)[C@H](CCC(=O)O)NC1=O. The third-order valence-corrected chi connectivity index (χ3v) is 24.3. The Bertz CT molecular complexity index is 4240. The van der Waals surface area contributed by atoms with Crippen LogP contribution in [0.25, 0.3) is 10.9 Å². The summed E-state index contributed by atoms with van der Waals surface area (Å²) in [6.45, 7) is 2.86. The summed E-state index contributed by atoms with van der Waals surface area (Å²) in [5, 5.41) is 49.8. The molecule has 3 aromatic rings. The van der Waals surface area contributed by atoms with Crippen molar-refractivity contribution in [2.75, 3.05) is 87.3 Å². The number of hydrogen-bond donors (Lipinski definition) is 17. The Balaban J connectivity index is 1.19. The van der Waals surface area contributed by atoms with Gasteiger partial charge in [-0.1, -0.05) is 62.4 Å². The fourth-order valence-electron chi connectivity index (χ4n) is 14.2. The summed E-state index contributed by atoms with van der Waals surface area (Å²) in [6, 6.07) is -3.24. The average molecular weight is 1750 g/mol. The fourth-order valence-corrected chi connectivity index (χ4v) is 17.1. The minimum atomic E-state index is -1.76. The Kier molecular flexibility index (Phi) is 37.2. The molecule has 5 aliphatic rings. The van der Waals surface area contributed by atoms with Gasteiger partial charge in [-0.2, -0.15) is 35.3 Å². The molecule has 0 radical (unpaired) electrons. The van der Waals surface area contributed by atoms with Crippen LogP contribution in [0.4, 0.5) is 0 Å². The molecule has 662 valence electrons. The van der Waals surface area contributed by atoms with Gasteiger partial charge in [-0.05, 0) is 94.9 Å². The summed E-state index contributed by atoms with van der Waals surface area (Å²) in [4.78, 5) is 267. The number of rotatable bonds is 18. The Morgan fingerprint density at radius 1 is 0.570 bits per heavy atom. The number of aromatic nitrogens is 1. The quantitative estimate of drug-likeness (QED) is 0.0531. The van der Waals surface area contributed by atoms with E-state index in [0.29, 0.717) is 28.5 Å². The van der Waals surface area contributed by atoms with E-state index in [1.54, 1.807) is 74.6 Å². The van der Waals surface area contributed by atoms with Crippen molar-refractivity contribution in [3.05, 3.63) is 71.9 Å². The Morgan fingerprint density at radius 3 is 1.69 bits per heavy atom. The van der Waals surface area contributed by atoms with E-state index in [2.05, 4.69) is 63.5 Å². The maximum absolute atomic E-state index is 15.7. The van der Waals surface area contributed by atoms with E-state index in [1.807, 2.05) is 0 Å². The molecule has 2 aromatic carbocycles. The van der Waals surface area contributed by atoms with Crippen LogP contribution in [0.2, 0.25) is 0 Å². The van der Waals surface area contributed by atoms with E-state index in [4.69, 9.17) is 17.2 Å². The maximum Gasteiger partial charge on any atom is 0.303 e. The number of para-hydroxylation sites is 1. The fraction of sp³-hybridized carbons (Fsp3) is 0.590. The Morgan fingerprint density at radius 2 is 1.11 bits per heavy atom. The van der Waals surface area contributed by atoms with Gasteiger partial charge >= 0.3 is 5.97 Å². The summed E-state index contributed by atoms with van der Waals surface area (Å²) in [5.41, 5.74) is 19.1. The van der Waals surface area contributed by atoms with Crippen molar-refractivity contribution >= 4 is 153 Å². The van der Waals surface area contributed by atoms with Crippen molar-refractivity contribution in [1.82, 2.24) is 88.0 Å². The number of aliphatic carboxylic acids is 1. The van der Waals surface area contributed by atoms with Crippen molar-refractivity contribution in [1.29, 1.82) is 0 Å². The zero-order valence-electron chi connectivity index (χ0n) is 68.1. The van der Waals surface area contributed by atoms with E-state index in [1.165, 1.54) is 38.3 Å². The first kappa shape index (κ1) is 95.8. The van der Waals surface area contributed by atoms with Gasteiger partial charge in [-0.3, -0.25) is 86.3 Å². The summed E-state index contributed by atoms with van der Waals surface area (Å²) in [7, 11) is 0. The van der Waals surface area contributed by atoms with Crippen molar-refractivity contribution in [3.63, 3.8) is 0 Å².